The molecule has 2 aromatic heterocycles. The Morgan fingerprint density at radius 3 is 2.51 bits per heavy atom. The average Bonchev–Trinajstić information content (AvgIpc) is 3.30. The van der Waals surface area contributed by atoms with E-state index in [9.17, 15) is 28.2 Å². The number of pyridine rings is 1. The number of ether oxygens (including phenoxy) is 1. The van der Waals surface area contributed by atoms with Crippen molar-refractivity contribution in [2.45, 2.75) is 51.9 Å². The van der Waals surface area contributed by atoms with E-state index >= 15 is 0 Å². The van der Waals surface area contributed by atoms with Gasteiger partial charge in [-0.1, -0.05) is 6.07 Å². The molecule has 1 aliphatic rings. The molecule has 4 aromatic rings. The largest absolute Gasteiger partial charge is 0.493 e. The van der Waals surface area contributed by atoms with Crippen LogP contribution in [0.2, 0.25) is 0 Å². The van der Waals surface area contributed by atoms with Gasteiger partial charge in [0.25, 0.3) is 0 Å². The first-order chi connectivity index (χ1) is 19.4. The van der Waals surface area contributed by atoms with E-state index in [1.54, 1.807) is 20.8 Å². The molecule has 0 saturated carbocycles. The molecule has 0 bridgehead atoms. The Balaban J connectivity index is 1.59. The third-order valence-corrected chi connectivity index (χ3v) is 6.85. The van der Waals surface area contributed by atoms with Crippen LogP contribution in [0.3, 0.4) is 0 Å². The Morgan fingerprint density at radius 1 is 1.12 bits per heavy atom. The number of anilines is 1. The lowest BCUT2D eigenvalue weighted by Crippen LogP contribution is -2.46. The number of hydrogen-bond acceptors (Lipinski definition) is 7. The molecule has 0 atom stereocenters. The number of amides is 1. The van der Waals surface area contributed by atoms with Crippen molar-refractivity contribution >= 4 is 22.8 Å². The summed E-state index contributed by atoms with van der Waals surface area (Å²) in [6.45, 7) is 5.74. The monoisotopic (exact) mass is 569 g/mol. The van der Waals surface area contributed by atoms with Crippen LogP contribution < -0.4 is 10.2 Å². The highest BCUT2D eigenvalue weighted by Crippen LogP contribution is 2.45. The number of carbonyl (C=O) groups is 1. The van der Waals surface area contributed by atoms with Crippen LogP contribution >= 0.6 is 0 Å². The summed E-state index contributed by atoms with van der Waals surface area (Å²) in [5.74, 6) is -2.84. The molecule has 0 radical (unpaired) electrons. The first-order valence-electron chi connectivity index (χ1n) is 13.1. The summed E-state index contributed by atoms with van der Waals surface area (Å²) < 4.78 is 47.7. The van der Waals surface area contributed by atoms with E-state index in [4.69, 9.17) is 4.74 Å². The number of aliphatic hydroxyl groups excluding tert-OH is 1. The molecule has 9 nitrogen and oxygen atoms in total. The van der Waals surface area contributed by atoms with E-state index in [1.807, 2.05) is 4.90 Å². The fourth-order valence-corrected chi connectivity index (χ4v) is 5.02. The Hall–Kier alpha value is -4.32. The molecule has 5 rings (SSSR count). The van der Waals surface area contributed by atoms with Gasteiger partial charge < -0.3 is 30.2 Å². The van der Waals surface area contributed by atoms with Gasteiger partial charge in [-0.2, -0.15) is 0 Å². The van der Waals surface area contributed by atoms with Crippen molar-refractivity contribution < 1.29 is 32.9 Å². The van der Waals surface area contributed by atoms with Crippen LogP contribution in [0.5, 0.6) is 5.88 Å². The Labute approximate surface area is 234 Å². The van der Waals surface area contributed by atoms with E-state index in [0.29, 0.717) is 42.7 Å². The highest BCUT2D eigenvalue weighted by molar-refractivity contribution is 5.94. The van der Waals surface area contributed by atoms with Crippen molar-refractivity contribution in [1.29, 1.82) is 0 Å². The number of aliphatic hydroxyl groups is 1. The summed E-state index contributed by atoms with van der Waals surface area (Å²) in [5, 5.41) is 23.9. The second-order valence-corrected chi connectivity index (χ2v) is 11.0. The molecule has 1 fully saturated rings. The SMILES string of the molecule is CC(C)(C)OC(=O)NC1CCN(c2c(-c3nc4cc(F)c(F)cc4[nH]3)cnc(O)c2-c2cc(F)ccc2CO)CC1. The third kappa shape index (κ3) is 5.92. The average molecular weight is 570 g/mol. The highest BCUT2D eigenvalue weighted by atomic mass is 19.2. The number of hydrogen-bond donors (Lipinski definition) is 4. The number of piperidine rings is 1. The second-order valence-electron chi connectivity index (χ2n) is 11.0. The predicted molar refractivity (Wildman–Crippen MR) is 147 cm³/mol. The van der Waals surface area contributed by atoms with Gasteiger partial charge in [0.2, 0.25) is 5.88 Å². The van der Waals surface area contributed by atoms with E-state index in [0.717, 1.165) is 12.1 Å². The smallest absolute Gasteiger partial charge is 0.407 e. The number of nitrogens with one attached hydrogen (secondary N) is 2. The summed E-state index contributed by atoms with van der Waals surface area (Å²) in [4.78, 5) is 25.8. The summed E-state index contributed by atoms with van der Waals surface area (Å²) in [6, 6.07) is 5.63. The summed E-state index contributed by atoms with van der Waals surface area (Å²) in [6.07, 6.45) is 1.90. The van der Waals surface area contributed by atoms with Crippen LogP contribution in [0, 0.1) is 17.5 Å². The number of rotatable bonds is 5. The number of aromatic nitrogens is 3. The summed E-state index contributed by atoms with van der Waals surface area (Å²) in [5.41, 5.74) is 1.38. The van der Waals surface area contributed by atoms with Crippen molar-refractivity contribution in [2.75, 3.05) is 18.0 Å². The van der Waals surface area contributed by atoms with E-state index in [2.05, 4.69) is 20.3 Å². The number of benzene rings is 2. The highest BCUT2D eigenvalue weighted by Gasteiger charge is 2.30. The van der Waals surface area contributed by atoms with Crippen LogP contribution in [0.25, 0.3) is 33.5 Å². The van der Waals surface area contributed by atoms with Gasteiger partial charge in [-0.15, -0.1) is 0 Å². The quantitative estimate of drug-likeness (QED) is 0.254. The maximum atomic E-state index is 14.5. The minimum atomic E-state index is -1.05. The minimum absolute atomic E-state index is 0.169. The Kier molecular flexibility index (Phi) is 7.52. The number of aromatic amines is 1. The topological polar surface area (TPSA) is 124 Å². The van der Waals surface area contributed by atoms with Crippen LogP contribution in [-0.4, -0.2) is 56.0 Å². The number of fused-ring (bicyclic) bond motifs is 1. The minimum Gasteiger partial charge on any atom is -0.493 e. The first-order valence-corrected chi connectivity index (χ1v) is 13.1. The van der Waals surface area contributed by atoms with Gasteiger partial charge in [-0.05, 0) is 56.9 Å². The molecule has 2 aromatic carbocycles. The zero-order chi connectivity index (χ0) is 29.5. The Morgan fingerprint density at radius 2 is 1.83 bits per heavy atom. The zero-order valence-corrected chi connectivity index (χ0v) is 22.8. The zero-order valence-electron chi connectivity index (χ0n) is 22.8. The molecule has 1 amide bonds. The van der Waals surface area contributed by atoms with Gasteiger partial charge in [0.1, 0.15) is 17.2 Å². The van der Waals surface area contributed by atoms with Crippen LogP contribution in [0.1, 0.15) is 39.2 Å². The van der Waals surface area contributed by atoms with Crippen molar-refractivity contribution in [3.05, 3.63) is 59.5 Å². The third-order valence-electron chi connectivity index (χ3n) is 6.85. The van der Waals surface area contributed by atoms with Crippen LogP contribution in [0.15, 0.2) is 36.5 Å². The first kappa shape index (κ1) is 28.2. The van der Waals surface area contributed by atoms with Gasteiger partial charge in [0.05, 0.1) is 34.5 Å². The van der Waals surface area contributed by atoms with Gasteiger partial charge in [0, 0.05) is 37.5 Å². The number of halogens is 3. The number of H-pyrrole nitrogens is 1. The lowest BCUT2D eigenvalue weighted by molar-refractivity contribution is 0.0497. The Bertz CT molecular complexity index is 1570. The molecule has 1 aliphatic heterocycles. The molecule has 4 N–H and O–H groups in total. The fourth-order valence-electron chi connectivity index (χ4n) is 5.02. The maximum Gasteiger partial charge on any atom is 0.407 e. The predicted octanol–water partition coefficient (Wildman–Crippen LogP) is 5.40. The molecular weight excluding hydrogens is 539 g/mol. The summed E-state index contributed by atoms with van der Waals surface area (Å²) >= 11 is 0. The molecule has 3 heterocycles. The molecule has 0 spiro atoms. The van der Waals surface area contributed by atoms with Crippen molar-refractivity contribution in [2.24, 2.45) is 0 Å². The number of alkyl carbamates (subject to hydrolysis) is 1. The second kappa shape index (κ2) is 10.9. The van der Waals surface area contributed by atoms with Crippen molar-refractivity contribution in [3.8, 4) is 28.4 Å². The molecule has 0 aliphatic carbocycles. The van der Waals surface area contributed by atoms with E-state index in [-0.39, 0.29) is 34.0 Å². The molecule has 41 heavy (non-hydrogen) atoms. The van der Waals surface area contributed by atoms with Crippen LogP contribution in [-0.2, 0) is 11.3 Å². The summed E-state index contributed by atoms with van der Waals surface area (Å²) in [7, 11) is 0. The van der Waals surface area contributed by atoms with Gasteiger partial charge >= 0.3 is 6.09 Å². The van der Waals surface area contributed by atoms with E-state index < -0.39 is 41.6 Å². The van der Waals surface area contributed by atoms with Gasteiger partial charge in [-0.3, -0.25) is 0 Å². The normalized spacial score (nSPS) is 14.5. The number of imidazole rings is 1. The van der Waals surface area contributed by atoms with Crippen LogP contribution in [0.4, 0.5) is 23.7 Å². The van der Waals surface area contributed by atoms with Gasteiger partial charge in [0.15, 0.2) is 11.6 Å². The van der Waals surface area contributed by atoms with E-state index in [1.165, 1.54) is 24.4 Å². The fraction of sp³-hybridized carbons (Fsp3) is 0.345. The molecule has 0 unspecified atom stereocenters. The molecule has 1 saturated heterocycles. The lowest BCUT2D eigenvalue weighted by Gasteiger charge is -2.36. The van der Waals surface area contributed by atoms with Crippen molar-refractivity contribution in [3.63, 3.8) is 0 Å². The maximum absolute atomic E-state index is 14.5. The van der Waals surface area contributed by atoms with Gasteiger partial charge in [-0.25, -0.2) is 27.9 Å². The molecule has 12 heteroatoms. The standard InChI is InChI=1S/C29H30F3N5O4/c1-29(2,3)41-28(40)34-17-6-8-37(9-7-17)25-19(26-35-22-11-20(31)21(32)12-23(22)36-26)13-33-27(39)24(25)18-10-16(30)5-4-15(18)14-38/h4-5,10-13,17,38H,6-9,14H2,1-3H3,(H,33,39)(H,34,40)(H,35,36). The molecule has 216 valence electrons. The lowest BCUT2D eigenvalue weighted by atomic mass is 9.94. The number of carbonyl (C=O) groups excluding carboxylic acids is 1. The van der Waals surface area contributed by atoms with Crippen molar-refractivity contribution in [1.82, 2.24) is 20.3 Å². The number of nitrogens with zero attached hydrogens (tertiary/aromatic N) is 3. The number of aromatic hydroxyl groups is 1. The molecular formula is C29H30F3N5O4.